The molecule has 0 fully saturated rings. The van der Waals surface area contributed by atoms with Crippen molar-refractivity contribution in [1.82, 2.24) is 5.32 Å². The molecule has 2 aromatic carbocycles. The summed E-state index contributed by atoms with van der Waals surface area (Å²) in [6.07, 6.45) is 1.00. The van der Waals surface area contributed by atoms with Crippen LogP contribution in [-0.2, 0) is 14.8 Å². The van der Waals surface area contributed by atoms with Gasteiger partial charge in [0.15, 0.2) is 0 Å². The molecule has 0 unspecified atom stereocenters. The summed E-state index contributed by atoms with van der Waals surface area (Å²) in [4.78, 5) is 12.4. The van der Waals surface area contributed by atoms with Crippen LogP contribution in [0.3, 0.4) is 0 Å². The van der Waals surface area contributed by atoms with Crippen molar-refractivity contribution in [2.24, 2.45) is 0 Å². The number of anilines is 1. The summed E-state index contributed by atoms with van der Waals surface area (Å²) >= 11 is 12.0. The van der Waals surface area contributed by atoms with Crippen LogP contribution in [0.1, 0.15) is 12.5 Å². The average Bonchev–Trinajstić information content (AvgIpc) is 2.60. The van der Waals surface area contributed by atoms with Gasteiger partial charge in [-0.25, -0.2) is 8.42 Å². The van der Waals surface area contributed by atoms with Gasteiger partial charge in [0.1, 0.15) is 18.9 Å². The molecule has 0 bridgehead atoms. The van der Waals surface area contributed by atoms with Gasteiger partial charge >= 0.3 is 0 Å². The minimum absolute atomic E-state index is 0.148. The Kier molecular flexibility index (Phi) is 7.57. The molecule has 152 valence electrons. The van der Waals surface area contributed by atoms with Gasteiger partial charge in [-0.2, -0.15) is 0 Å². The number of amides is 1. The quantitative estimate of drug-likeness (QED) is 0.673. The Hall–Kier alpha value is -1.96. The number of rotatable bonds is 8. The lowest BCUT2D eigenvalue weighted by Crippen LogP contribution is -2.45. The Morgan fingerprint density at radius 2 is 1.82 bits per heavy atom. The van der Waals surface area contributed by atoms with Crippen LogP contribution in [0.4, 0.5) is 5.69 Å². The molecule has 0 aliphatic carbocycles. The number of nitrogens with one attached hydrogen (secondary N) is 1. The van der Waals surface area contributed by atoms with E-state index in [1.165, 1.54) is 12.1 Å². The second-order valence-electron chi connectivity index (χ2n) is 6.46. The summed E-state index contributed by atoms with van der Waals surface area (Å²) in [6, 6.07) is 11.6. The van der Waals surface area contributed by atoms with Gasteiger partial charge in [0.05, 0.1) is 23.0 Å². The van der Waals surface area contributed by atoms with Crippen molar-refractivity contribution < 1.29 is 17.9 Å². The summed E-state index contributed by atoms with van der Waals surface area (Å²) in [6.45, 7) is 3.56. The summed E-state index contributed by atoms with van der Waals surface area (Å²) in [5.74, 6) is 0.205. The van der Waals surface area contributed by atoms with Crippen molar-refractivity contribution >= 4 is 44.8 Å². The Bertz CT molecular complexity index is 933. The molecule has 0 saturated heterocycles. The molecule has 0 spiro atoms. The molecule has 1 amide bonds. The van der Waals surface area contributed by atoms with E-state index in [1.54, 1.807) is 13.0 Å². The zero-order valence-electron chi connectivity index (χ0n) is 15.8. The van der Waals surface area contributed by atoms with Crippen molar-refractivity contribution in [3.8, 4) is 5.75 Å². The van der Waals surface area contributed by atoms with E-state index in [0.717, 1.165) is 16.1 Å². The molecule has 0 aliphatic heterocycles. The zero-order valence-corrected chi connectivity index (χ0v) is 18.1. The summed E-state index contributed by atoms with van der Waals surface area (Å²) in [5, 5.41) is 3.21. The van der Waals surface area contributed by atoms with Crippen LogP contribution in [0.5, 0.6) is 5.75 Å². The number of aryl methyl sites for hydroxylation is 1. The van der Waals surface area contributed by atoms with E-state index in [0.29, 0.717) is 10.8 Å². The zero-order chi connectivity index (χ0) is 20.9. The summed E-state index contributed by atoms with van der Waals surface area (Å²) in [5.41, 5.74) is 1.27. The fourth-order valence-electron chi connectivity index (χ4n) is 2.41. The van der Waals surface area contributed by atoms with Gasteiger partial charge in [-0.1, -0.05) is 40.9 Å². The molecule has 9 heteroatoms. The lowest BCUT2D eigenvalue weighted by atomic mass is 10.2. The summed E-state index contributed by atoms with van der Waals surface area (Å²) < 4.78 is 30.9. The predicted octanol–water partition coefficient (Wildman–Crippen LogP) is 3.65. The first-order chi connectivity index (χ1) is 13.1. The molecule has 2 rings (SSSR count). The van der Waals surface area contributed by atoms with Crippen molar-refractivity contribution in [2.75, 3.05) is 23.7 Å². The van der Waals surface area contributed by atoms with E-state index in [-0.39, 0.29) is 23.4 Å². The number of hydrogen-bond donors (Lipinski definition) is 1. The maximum atomic E-state index is 12.4. The fourth-order valence-corrected chi connectivity index (χ4v) is 3.70. The molecule has 0 aliphatic rings. The third-order valence-electron chi connectivity index (χ3n) is 3.79. The lowest BCUT2D eigenvalue weighted by molar-refractivity contribution is -0.120. The van der Waals surface area contributed by atoms with Gasteiger partial charge in [0.25, 0.3) is 0 Å². The fraction of sp³-hybridized carbons (Fsp3) is 0.316. The molecule has 0 heterocycles. The third-order valence-corrected chi connectivity index (χ3v) is 5.47. The number of halogens is 2. The number of nitrogens with zero attached hydrogens (tertiary/aromatic N) is 1. The monoisotopic (exact) mass is 444 g/mol. The van der Waals surface area contributed by atoms with Crippen LogP contribution >= 0.6 is 23.2 Å². The molecule has 6 nitrogen and oxygen atoms in total. The van der Waals surface area contributed by atoms with Crippen LogP contribution in [0.2, 0.25) is 10.0 Å². The van der Waals surface area contributed by atoms with Gasteiger partial charge in [-0.15, -0.1) is 0 Å². The molecule has 1 atom stereocenters. The third kappa shape index (κ3) is 6.58. The van der Waals surface area contributed by atoms with Crippen molar-refractivity contribution in [1.29, 1.82) is 0 Å². The normalized spacial score (nSPS) is 12.3. The molecule has 2 aromatic rings. The highest BCUT2D eigenvalue weighted by molar-refractivity contribution is 7.92. The lowest BCUT2D eigenvalue weighted by Gasteiger charge is -2.24. The molecule has 0 aromatic heterocycles. The molecule has 0 saturated carbocycles. The van der Waals surface area contributed by atoms with E-state index in [2.05, 4.69) is 5.32 Å². The van der Waals surface area contributed by atoms with Gasteiger partial charge in [0.2, 0.25) is 15.9 Å². The van der Waals surface area contributed by atoms with Crippen molar-refractivity contribution in [3.05, 3.63) is 58.1 Å². The largest absolute Gasteiger partial charge is 0.491 e. The first-order valence-electron chi connectivity index (χ1n) is 8.48. The average molecular weight is 445 g/mol. The van der Waals surface area contributed by atoms with Gasteiger partial charge in [0, 0.05) is 5.02 Å². The second kappa shape index (κ2) is 9.49. The van der Waals surface area contributed by atoms with E-state index in [9.17, 15) is 13.2 Å². The summed E-state index contributed by atoms with van der Waals surface area (Å²) in [7, 11) is -3.75. The van der Waals surface area contributed by atoms with Crippen LogP contribution in [0, 0.1) is 6.92 Å². The number of carbonyl (C=O) groups excluding carboxylic acids is 1. The molecular weight excluding hydrogens is 423 g/mol. The molecular formula is C19H22Cl2N2O4S. The predicted molar refractivity (Wildman–Crippen MR) is 113 cm³/mol. The number of carbonyl (C=O) groups is 1. The number of benzene rings is 2. The minimum Gasteiger partial charge on any atom is -0.491 e. The van der Waals surface area contributed by atoms with E-state index >= 15 is 0 Å². The van der Waals surface area contributed by atoms with Crippen molar-refractivity contribution in [3.63, 3.8) is 0 Å². The Balaban J connectivity index is 2.01. The van der Waals surface area contributed by atoms with Crippen molar-refractivity contribution in [2.45, 2.75) is 19.9 Å². The second-order valence-corrected chi connectivity index (χ2v) is 9.21. The Morgan fingerprint density at radius 3 is 2.43 bits per heavy atom. The van der Waals surface area contributed by atoms with Crippen LogP contribution in [-0.4, -0.2) is 39.8 Å². The standard InChI is InChI=1S/C19H22Cl2N2O4S/c1-13-4-7-16(8-5-13)27-12-14(2)22-19(24)11-23(28(3,25)26)18-10-15(20)6-9-17(18)21/h4-10,14H,11-12H2,1-3H3,(H,22,24)/t14-/m1/s1. The molecule has 1 N–H and O–H groups in total. The molecule has 0 radical (unpaired) electrons. The van der Waals surface area contributed by atoms with Gasteiger partial charge < -0.3 is 10.1 Å². The number of hydrogen-bond acceptors (Lipinski definition) is 4. The Labute approximate surface area is 175 Å². The highest BCUT2D eigenvalue weighted by atomic mass is 35.5. The maximum Gasteiger partial charge on any atom is 0.241 e. The topological polar surface area (TPSA) is 75.7 Å². The van der Waals surface area contributed by atoms with Crippen LogP contribution in [0.15, 0.2) is 42.5 Å². The number of ether oxygens (including phenoxy) is 1. The van der Waals surface area contributed by atoms with Gasteiger partial charge in [-0.3, -0.25) is 9.10 Å². The minimum atomic E-state index is -3.75. The van der Waals surface area contributed by atoms with E-state index < -0.39 is 22.5 Å². The number of sulfonamides is 1. The van der Waals surface area contributed by atoms with Crippen LogP contribution < -0.4 is 14.4 Å². The highest BCUT2D eigenvalue weighted by Gasteiger charge is 2.24. The Morgan fingerprint density at radius 1 is 1.18 bits per heavy atom. The van der Waals surface area contributed by atoms with Crippen LogP contribution in [0.25, 0.3) is 0 Å². The first kappa shape index (κ1) is 22.3. The van der Waals surface area contributed by atoms with E-state index in [1.807, 2.05) is 31.2 Å². The first-order valence-corrected chi connectivity index (χ1v) is 11.1. The van der Waals surface area contributed by atoms with E-state index in [4.69, 9.17) is 27.9 Å². The SMILES string of the molecule is Cc1ccc(OC[C@@H](C)NC(=O)CN(c2cc(Cl)ccc2Cl)S(C)(=O)=O)cc1. The highest BCUT2D eigenvalue weighted by Crippen LogP contribution is 2.30. The molecule has 28 heavy (non-hydrogen) atoms. The smallest absolute Gasteiger partial charge is 0.241 e. The maximum absolute atomic E-state index is 12.4. The van der Waals surface area contributed by atoms with Gasteiger partial charge in [-0.05, 0) is 44.2 Å².